The first-order valence-electron chi connectivity index (χ1n) is 5.57. The molecule has 2 nitrogen and oxygen atoms in total. The van der Waals surface area contributed by atoms with Crippen LogP contribution in [0, 0.1) is 0 Å². The monoisotopic (exact) mass is 221 g/mol. The molecule has 1 atom stereocenters. The van der Waals surface area contributed by atoms with Crippen molar-refractivity contribution in [1.82, 2.24) is 5.32 Å². The Balaban J connectivity index is 3.34. The van der Waals surface area contributed by atoms with Crippen molar-refractivity contribution in [1.29, 1.82) is 0 Å². The highest BCUT2D eigenvalue weighted by atomic mass is 35.5. The molecule has 3 heteroatoms. The predicted molar refractivity (Wildman–Crippen MR) is 63.1 cm³/mol. The molecule has 0 aliphatic rings. The van der Waals surface area contributed by atoms with Gasteiger partial charge in [-0.05, 0) is 19.8 Å². The smallest absolute Gasteiger partial charge is 0.0591 e. The fraction of sp³-hybridized carbons (Fsp3) is 1.00. The molecule has 0 aromatic rings. The van der Waals surface area contributed by atoms with Gasteiger partial charge in [-0.25, -0.2) is 0 Å². The van der Waals surface area contributed by atoms with Gasteiger partial charge in [0.25, 0.3) is 0 Å². The topological polar surface area (TPSA) is 21.3 Å². The summed E-state index contributed by atoms with van der Waals surface area (Å²) in [6.07, 6.45) is 3.40. The molecule has 0 heterocycles. The molecule has 86 valence electrons. The lowest BCUT2D eigenvalue weighted by molar-refractivity contribution is 0.127. The molecule has 0 rings (SSSR count). The Morgan fingerprint density at radius 3 is 2.50 bits per heavy atom. The zero-order valence-corrected chi connectivity index (χ0v) is 10.5. The molecule has 0 saturated carbocycles. The van der Waals surface area contributed by atoms with Crippen molar-refractivity contribution in [3.63, 3.8) is 0 Å². The molecular formula is C11H24ClNO. The average molecular weight is 222 g/mol. The normalized spacial score (nSPS) is 15.4. The minimum Gasteiger partial charge on any atom is -0.380 e. The maximum atomic E-state index is 5.87. The Kier molecular flexibility index (Phi) is 8.64. The van der Waals surface area contributed by atoms with Gasteiger partial charge in [0.15, 0.2) is 0 Å². The van der Waals surface area contributed by atoms with E-state index >= 15 is 0 Å². The van der Waals surface area contributed by atoms with Crippen molar-refractivity contribution < 1.29 is 4.74 Å². The van der Waals surface area contributed by atoms with E-state index < -0.39 is 0 Å². The van der Waals surface area contributed by atoms with Crippen LogP contribution < -0.4 is 5.32 Å². The highest BCUT2D eigenvalue weighted by molar-refractivity contribution is 6.18. The third-order valence-corrected chi connectivity index (χ3v) is 3.11. The summed E-state index contributed by atoms with van der Waals surface area (Å²) in [5.41, 5.74) is 0.0652. The maximum Gasteiger partial charge on any atom is 0.0591 e. The number of halogens is 1. The second kappa shape index (κ2) is 8.51. The average Bonchev–Trinajstić information content (AvgIpc) is 2.23. The van der Waals surface area contributed by atoms with Crippen LogP contribution in [0.2, 0.25) is 0 Å². The summed E-state index contributed by atoms with van der Waals surface area (Å²) in [6.45, 7) is 9.01. The number of alkyl halides is 1. The summed E-state index contributed by atoms with van der Waals surface area (Å²) in [5.74, 6) is 0.651. The lowest BCUT2D eigenvalue weighted by Crippen LogP contribution is -2.45. The van der Waals surface area contributed by atoms with Gasteiger partial charge in [-0.3, -0.25) is 0 Å². The Bertz CT molecular complexity index is 126. The Labute approximate surface area is 93.4 Å². The van der Waals surface area contributed by atoms with Crippen molar-refractivity contribution in [2.75, 3.05) is 25.6 Å². The van der Waals surface area contributed by atoms with Gasteiger partial charge in [0.1, 0.15) is 0 Å². The van der Waals surface area contributed by atoms with E-state index in [9.17, 15) is 0 Å². The first kappa shape index (κ1) is 14.2. The van der Waals surface area contributed by atoms with E-state index in [0.29, 0.717) is 5.88 Å². The van der Waals surface area contributed by atoms with Crippen LogP contribution in [-0.2, 0) is 4.74 Å². The van der Waals surface area contributed by atoms with E-state index in [1.54, 1.807) is 0 Å². The van der Waals surface area contributed by atoms with Gasteiger partial charge in [-0.1, -0.05) is 20.3 Å². The zero-order valence-electron chi connectivity index (χ0n) is 9.74. The summed E-state index contributed by atoms with van der Waals surface area (Å²) < 4.78 is 5.45. The van der Waals surface area contributed by atoms with Crippen molar-refractivity contribution in [3.05, 3.63) is 0 Å². The molecule has 0 aromatic carbocycles. The summed E-state index contributed by atoms with van der Waals surface area (Å²) in [7, 11) is 0. The van der Waals surface area contributed by atoms with Gasteiger partial charge in [0.2, 0.25) is 0 Å². The second-order valence-electron chi connectivity index (χ2n) is 3.94. The fourth-order valence-electron chi connectivity index (χ4n) is 1.04. The number of rotatable bonds is 9. The van der Waals surface area contributed by atoms with Crippen LogP contribution in [0.4, 0.5) is 0 Å². The molecule has 0 radical (unpaired) electrons. The lowest BCUT2D eigenvalue weighted by atomic mass is 10.0. The lowest BCUT2D eigenvalue weighted by Gasteiger charge is -2.27. The number of hydrogen-bond acceptors (Lipinski definition) is 2. The minimum atomic E-state index is 0.0652. The Morgan fingerprint density at radius 1 is 1.29 bits per heavy atom. The largest absolute Gasteiger partial charge is 0.380 e. The third-order valence-electron chi connectivity index (χ3n) is 2.52. The zero-order chi connectivity index (χ0) is 10.9. The van der Waals surface area contributed by atoms with Crippen molar-refractivity contribution in [2.45, 2.75) is 45.6 Å². The molecule has 1 N–H and O–H groups in total. The Hall–Kier alpha value is 0.210. The molecule has 0 aliphatic carbocycles. The Morgan fingerprint density at radius 2 is 2.00 bits per heavy atom. The quantitative estimate of drug-likeness (QED) is 0.478. The van der Waals surface area contributed by atoms with Crippen LogP contribution in [0.25, 0.3) is 0 Å². The van der Waals surface area contributed by atoms with E-state index in [1.807, 2.05) is 0 Å². The number of unbranched alkanes of at least 4 members (excludes halogenated alkanes) is 1. The molecular weight excluding hydrogens is 198 g/mol. The highest BCUT2D eigenvalue weighted by Gasteiger charge is 2.18. The summed E-state index contributed by atoms with van der Waals surface area (Å²) in [6, 6.07) is 0. The van der Waals surface area contributed by atoms with E-state index in [-0.39, 0.29) is 5.54 Å². The third kappa shape index (κ3) is 6.63. The molecule has 0 spiro atoms. The standard InChI is InChI=1S/C11H24ClNO/c1-4-6-8-14-9-7-13-11(3,5-2)10-12/h13H,4-10H2,1-3H3. The van der Waals surface area contributed by atoms with Crippen LogP contribution in [0.1, 0.15) is 40.0 Å². The van der Waals surface area contributed by atoms with E-state index in [4.69, 9.17) is 16.3 Å². The van der Waals surface area contributed by atoms with E-state index in [1.165, 1.54) is 6.42 Å². The van der Waals surface area contributed by atoms with Crippen LogP contribution in [0.3, 0.4) is 0 Å². The van der Waals surface area contributed by atoms with Crippen LogP contribution in [0.5, 0.6) is 0 Å². The molecule has 0 fully saturated rings. The molecule has 0 saturated heterocycles. The van der Waals surface area contributed by atoms with Crippen molar-refractivity contribution in [3.8, 4) is 0 Å². The van der Waals surface area contributed by atoms with Gasteiger partial charge in [-0.2, -0.15) is 0 Å². The van der Waals surface area contributed by atoms with Crippen LogP contribution >= 0.6 is 11.6 Å². The van der Waals surface area contributed by atoms with Crippen LogP contribution in [0.15, 0.2) is 0 Å². The van der Waals surface area contributed by atoms with E-state index in [2.05, 4.69) is 26.1 Å². The van der Waals surface area contributed by atoms with Gasteiger partial charge in [0.05, 0.1) is 6.61 Å². The second-order valence-corrected chi connectivity index (χ2v) is 4.21. The summed E-state index contributed by atoms with van der Waals surface area (Å²) in [4.78, 5) is 0. The van der Waals surface area contributed by atoms with Crippen molar-refractivity contribution in [2.24, 2.45) is 0 Å². The first-order valence-corrected chi connectivity index (χ1v) is 6.10. The summed E-state index contributed by atoms with van der Waals surface area (Å²) in [5, 5.41) is 3.42. The molecule has 0 amide bonds. The van der Waals surface area contributed by atoms with Gasteiger partial charge >= 0.3 is 0 Å². The molecule has 0 aliphatic heterocycles. The summed E-state index contributed by atoms with van der Waals surface area (Å²) >= 11 is 5.87. The van der Waals surface area contributed by atoms with Crippen molar-refractivity contribution >= 4 is 11.6 Å². The molecule has 1 unspecified atom stereocenters. The number of ether oxygens (including phenoxy) is 1. The fourth-order valence-corrected chi connectivity index (χ4v) is 1.32. The van der Waals surface area contributed by atoms with Crippen LogP contribution in [-0.4, -0.2) is 31.2 Å². The number of nitrogens with one attached hydrogen (secondary N) is 1. The molecule has 0 aromatic heterocycles. The maximum absolute atomic E-state index is 5.87. The van der Waals surface area contributed by atoms with Gasteiger partial charge in [-0.15, -0.1) is 11.6 Å². The molecule has 0 bridgehead atoms. The van der Waals surface area contributed by atoms with Gasteiger partial charge in [0, 0.05) is 24.6 Å². The molecule has 14 heavy (non-hydrogen) atoms. The predicted octanol–water partition coefficient (Wildman–Crippen LogP) is 2.80. The van der Waals surface area contributed by atoms with E-state index in [0.717, 1.165) is 32.6 Å². The van der Waals surface area contributed by atoms with Gasteiger partial charge < -0.3 is 10.1 Å². The number of hydrogen-bond donors (Lipinski definition) is 1. The highest BCUT2D eigenvalue weighted by Crippen LogP contribution is 2.10. The SMILES string of the molecule is CCCCOCCNC(C)(CC)CCl. The first-order chi connectivity index (χ1) is 6.68. The minimum absolute atomic E-state index is 0.0652.